The highest BCUT2D eigenvalue weighted by atomic mass is 16.7. The monoisotopic (exact) mass is 128 g/mol. The molecule has 2 aliphatic rings. The van der Waals surface area contributed by atoms with Crippen molar-refractivity contribution in [2.75, 3.05) is 19.7 Å². The summed E-state index contributed by atoms with van der Waals surface area (Å²) in [6.45, 7) is 3.06. The first-order chi connectivity index (χ1) is 4.47. The molecule has 0 aromatic carbocycles. The van der Waals surface area contributed by atoms with Gasteiger partial charge in [0.2, 0.25) is 0 Å². The van der Waals surface area contributed by atoms with Gasteiger partial charge < -0.3 is 0 Å². The minimum absolute atomic E-state index is 0.527. The van der Waals surface area contributed by atoms with E-state index < -0.39 is 0 Å². The average molecular weight is 128 g/mol. The predicted molar refractivity (Wildman–Crippen MR) is 33.7 cm³/mol. The van der Waals surface area contributed by atoms with Crippen molar-refractivity contribution in [2.24, 2.45) is 0 Å². The molecule has 3 nitrogen and oxygen atoms in total. The lowest BCUT2D eigenvalue weighted by atomic mass is 10.2. The Hall–Kier alpha value is -0.120. The summed E-state index contributed by atoms with van der Waals surface area (Å²) in [5, 5.41) is 5.42. The van der Waals surface area contributed by atoms with Gasteiger partial charge in [0.15, 0.2) is 0 Å². The number of hydrogen-bond donors (Lipinski definition) is 1. The Bertz CT molecular complexity index is 95.2. The fourth-order valence-corrected chi connectivity index (χ4v) is 1.46. The van der Waals surface area contributed by atoms with Gasteiger partial charge in [-0.05, 0) is 12.8 Å². The number of hydroxylamine groups is 2. The molecule has 1 unspecified atom stereocenters. The zero-order chi connectivity index (χ0) is 6.10. The molecule has 9 heavy (non-hydrogen) atoms. The molecule has 0 amide bonds. The molecule has 0 spiro atoms. The van der Waals surface area contributed by atoms with E-state index in [0.29, 0.717) is 6.17 Å². The van der Waals surface area contributed by atoms with E-state index in [1.165, 1.54) is 12.8 Å². The normalized spacial score (nSPS) is 36.7. The summed E-state index contributed by atoms with van der Waals surface area (Å²) in [6, 6.07) is 0. The molecule has 0 aliphatic carbocycles. The zero-order valence-electron chi connectivity index (χ0n) is 5.47. The van der Waals surface area contributed by atoms with Crippen LogP contribution in [0.1, 0.15) is 12.8 Å². The van der Waals surface area contributed by atoms with Crippen molar-refractivity contribution in [1.29, 1.82) is 0 Å². The van der Waals surface area contributed by atoms with E-state index in [1.54, 1.807) is 0 Å². The summed E-state index contributed by atoms with van der Waals surface area (Å²) >= 11 is 0. The fraction of sp³-hybridized carbons (Fsp3) is 1.00. The van der Waals surface area contributed by atoms with Gasteiger partial charge in [0.1, 0.15) is 0 Å². The van der Waals surface area contributed by atoms with E-state index in [2.05, 4.69) is 10.4 Å². The molecule has 0 aromatic rings. The van der Waals surface area contributed by atoms with Crippen molar-refractivity contribution in [3.63, 3.8) is 0 Å². The molecule has 2 fully saturated rings. The van der Waals surface area contributed by atoms with E-state index in [4.69, 9.17) is 4.84 Å². The van der Waals surface area contributed by atoms with E-state index in [0.717, 1.165) is 19.7 Å². The molecule has 3 heteroatoms. The lowest BCUT2D eigenvalue weighted by Crippen LogP contribution is -2.39. The largest absolute Gasteiger partial charge is 0.299 e. The van der Waals surface area contributed by atoms with Crippen LogP contribution in [0.15, 0.2) is 0 Å². The smallest absolute Gasteiger partial charge is 0.0845 e. The molecule has 52 valence electrons. The maximum atomic E-state index is 5.37. The Morgan fingerprint density at radius 1 is 1.56 bits per heavy atom. The standard InChI is InChI=1S/C6H12N2O/c1-2-6-7-3-4-8(6)9-5-1/h6-7H,1-5H2. The fourth-order valence-electron chi connectivity index (χ4n) is 1.46. The SMILES string of the molecule is C1CON2CCNC2C1. The molecule has 2 saturated heterocycles. The maximum absolute atomic E-state index is 5.37. The third-order valence-corrected chi connectivity index (χ3v) is 1.94. The Morgan fingerprint density at radius 3 is 3.44 bits per heavy atom. The van der Waals surface area contributed by atoms with Crippen LogP contribution in [0.4, 0.5) is 0 Å². The minimum atomic E-state index is 0.527. The average Bonchev–Trinajstić information content (AvgIpc) is 2.33. The first-order valence-corrected chi connectivity index (χ1v) is 3.60. The number of nitrogens with one attached hydrogen (secondary N) is 1. The molecule has 0 aromatic heterocycles. The van der Waals surface area contributed by atoms with E-state index >= 15 is 0 Å². The molecule has 2 aliphatic heterocycles. The molecule has 0 radical (unpaired) electrons. The lowest BCUT2D eigenvalue weighted by Gasteiger charge is -2.27. The van der Waals surface area contributed by atoms with Crippen molar-refractivity contribution < 1.29 is 4.84 Å². The lowest BCUT2D eigenvalue weighted by molar-refractivity contribution is -0.195. The van der Waals surface area contributed by atoms with Gasteiger partial charge in [0.25, 0.3) is 0 Å². The molecular formula is C6H12N2O. The summed E-state index contributed by atoms with van der Waals surface area (Å²) in [7, 11) is 0. The van der Waals surface area contributed by atoms with Crippen LogP contribution in [-0.2, 0) is 4.84 Å². The van der Waals surface area contributed by atoms with Crippen molar-refractivity contribution in [3.05, 3.63) is 0 Å². The summed E-state index contributed by atoms with van der Waals surface area (Å²) in [4.78, 5) is 5.37. The Labute approximate surface area is 54.9 Å². The molecule has 2 heterocycles. The first-order valence-electron chi connectivity index (χ1n) is 3.60. The first kappa shape index (κ1) is 5.65. The van der Waals surface area contributed by atoms with Crippen LogP contribution in [-0.4, -0.2) is 30.9 Å². The van der Waals surface area contributed by atoms with E-state index in [1.807, 2.05) is 0 Å². The summed E-state index contributed by atoms with van der Waals surface area (Å²) in [5.74, 6) is 0. The zero-order valence-corrected chi connectivity index (χ0v) is 5.47. The van der Waals surface area contributed by atoms with Crippen LogP contribution in [0.2, 0.25) is 0 Å². The molecule has 0 bridgehead atoms. The highest BCUT2D eigenvalue weighted by molar-refractivity contribution is 4.74. The second-order valence-electron chi connectivity index (χ2n) is 2.59. The van der Waals surface area contributed by atoms with Crippen molar-refractivity contribution >= 4 is 0 Å². The van der Waals surface area contributed by atoms with E-state index in [9.17, 15) is 0 Å². The van der Waals surface area contributed by atoms with Gasteiger partial charge >= 0.3 is 0 Å². The molecular weight excluding hydrogens is 116 g/mol. The number of nitrogens with zero attached hydrogens (tertiary/aromatic N) is 1. The maximum Gasteiger partial charge on any atom is 0.0845 e. The van der Waals surface area contributed by atoms with Crippen LogP contribution < -0.4 is 5.32 Å². The third kappa shape index (κ3) is 0.956. The number of rotatable bonds is 0. The van der Waals surface area contributed by atoms with Crippen molar-refractivity contribution in [1.82, 2.24) is 10.4 Å². The van der Waals surface area contributed by atoms with Crippen LogP contribution in [0.5, 0.6) is 0 Å². The molecule has 1 N–H and O–H groups in total. The van der Waals surface area contributed by atoms with Gasteiger partial charge in [-0.2, -0.15) is 5.06 Å². The number of hydrogen-bond acceptors (Lipinski definition) is 3. The highest BCUT2D eigenvalue weighted by Gasteiger charge is 2.26. The Morgan fingerprint density at radius 2 is 2.56 bits per heavy atom. The van der Waals surface area contributed by atoms with Gasteiger partial charge in [-0.3, -0.25) is 10.2 Å². The summed E-state index contributed by atoms with van der Waals surface area (Å²) < 4.78 is 0. The Balaban J connectivity index is 1.97. The second-order valence-corrected chi connectivity index (χ2v) is 2.59. The van der Waals surface area contributed by atoms with Crippen molar-refractivity contribution in [2.45, 2.75) is 19.0 Å². The minimum Gasteiger partial charge on any atom is -0.299 e. The summed E-state index contributed by atoms with van der Waals surface area (Å²) in [6.07, 6.45) is 2.98. The topological polar surface area (TPSA) is 24.5 Å². The van der Waals surface area contributed by atoms with Gasteiger partial charge in [-0.15, -0.1) is 0 Å². The van der Waals surface area contributed by atoms with Gasteiger partial charge in [0.05, 0.1) is 12.8 Å². The van der Waals surface area contributed by atoms with E-state index in [-0.39, 0.29) is 0 Å². The molecule has 0 saturated carbocycles. The highest BCUT2D eigenvalue weighted by Crippen LogP contribution is 2.14. The van der Waals surface area contributed by atoms with Crippen molar-refractivity contribution in [3.8, 4) is 0 Å². The third-order valence-electron chi connectivity index (χ3n) is 1.94. The molecule has 2 rings (SSSR count). The van der Waals surface area contributed by atoms with Crippen LogP contribution in [0.3, 0.4) is 0 Å². The van der Waals surface area contributed by atoms with Crippen LogP contribution >= 0.6 is 0 Å². The van der Waals surface area contributed by atoms with Gasteiger partial charge in [-0.25, -0.2) is 0 Å². The van der Waals surface area contributed by atoms with Crippen LogP contribution in [0.25, 0.3) is 0 Å². The van der Waals surface area contributed by atoms with Crippen LogP contribution in [0, 0.1) is 0 Å². The van der Waals surface area contributed by atoms with Gasteiger partial charge in [0, 0.05) is 13.1 Å². The Kier molecular flexibility index (Phi) is 1.41. The predicted octanol–water partition coefficient (Wildman–Crippen LogP) is -0.0569. The quantitative estimate of drug-likeness (QED) is 0.494. The van der Waals surface area contributed by atoms with Gasteiger partial charge in [-0.1, -0.05) is 0 Å². The summed E-state index contributed by atoms with van der Waals surface area (Å²) in [5.41, 5.74) is 0. The second kappa shape index (κ2) is 2.25. The number of fused-ring (bicyclic) bond motifs is 1. The molecule has 1 atom stereocenters.